The second-order valence-electron chi connectivity index (χ2n) is 4.52. The molecule has 4 heteroatoms. The molecule has 1 aromatic rings. The Balaban J connectivity index is 2.25. The van der Waals surface area contributed by atoms with Crippen LogP contribution in [-0.4, -0.2) is 24.3 Å². The molecular weight excluding hydrogens is 236 g/mol. The van der Waals surface area contributed by atoms with Gasteiger partial charge in [-0.05, 0) is 37.0 Å². The summed E-state index contributed by atoms with van der Waals surface area (Å²) >= 11 is 6.28. The first-order valence-corrected chi connectivity index (χ1v) is 6.50. The lowest BCUT2D eigenvalue weighted by atomic mass is 10.0. The van der Waals surface area contributed by atoms with E-state index in [9.17, 15) is 5.11 Å². The summed E-state index contributed by atoms with van der Waals surface area (Å²) < 4.78 is 0. The number of nitrogens with two attached hydrogens (primary N) is 1. The van der Waals surface area contributed by atoms with Gasteiger partial charge in [-0.2, -0.15) is 0 Å². The summed E-state index contributed by atoms with van der Waals surface area (Å²) in [5, 5.41) is 10.1. The van der Waals surface area contributed by atoms with E-state index in [4.69, 9.17) is 17.3 Å². The Morgan fingerprint density at radius 1 is 1.41 bits per heavy atom. The first-order chi connectivity index (χ1) is 8.26. The number of hydrogen-bond acceptors (Lipinski definition) is 3. The fraction of sp³-hybridized carbons (Fsp3) is 0.538. The van der Waals surface area contributed by atoms with Gasteiger partial charge in [0.2, 0.25) is 0 Å². The van der Waals surface area contributed by atoms with E-state index in [1.54, 1.807) is 0 Å². The van der Waals surface area contributed by atoms with Crippen LogP contribution in [-0.2, 0) is 6.54 Å². The molecule has 0 aromatic heterocycles. The van der Waals surface area contributed by atoms with Gasteiger partial charge >= 0.3 is 0 Å². The minimum Gasteiger partial charge on any atom is -0.394 e. The van der Waals surface area contributed by atoms with E-state index in [0.717, 1.165) is 35.7 Å². The van der Waals surface area contributed by atoms with E-state index >= 15 is 0 Å². The zero-order chi connectivity index (χ0) is 12.3. The predicted molar refractivity (Wildman–Crippen MR) is 71.4 cm³/mol. The van der Waals surface area contributed by atoms with Crippen LogP contribution in [0, 0.1) is 0 Å². The number of nitrogens with zero attached hydrogens (tertiary/aromatic N) is 1. The van der Waals surface area contributed by atoms with Crippen molar-refractivity contribution < 1.29 is 5.11 Å². The maximum atomic E-state index is 9.41. The van der Waals surface area contributed by atoms with Gasteiger partial charge in [-0.25, -0.2) is 0 Å². The highest BCUT2D eigenvalue weighted by Crippen LogP contribution is 2.31. The van der Waals surface area contributed by atoms with Crippen LogP contribution in [0.15, 0.2) is 18.2 Å². The van der Waals surface area contributed by atoms with Crippen LogP contribution >= 0.6 is 11.6 Å². The summed E-state index contributed by atoms with van der Waals surface area (Å²) in [6, 6.07) is 6.13. The van der Waals surface area contributed by atoms with Crippen molar-refractivity contribution in [3.8, 4) is 0 Å². The third-order valence-electron chi connectivity index (χ3n) is 3.40. The minimum absolute atomic E-state index is 0.189. The van der Waals surface area contributed by atoms with Crippen LogP contribution in [0.1, 0.15) is 24.8 Å². The van der Waals surface area contributed by atoms with Gasteiger partial charge in [0.05, 0.1) is 23.4 Å². The van der Waals surface area contributed by atoms with Crippen LogP contribution in [0.2, 0.25) is 5.02 Å². The summed E-state index contributed by atoms with van der Waals surface area (Å²) in [6.07, 6.45) is 3.37. The van der Waals surface area contributed by atoms with Gasteiger partial charge in [0, 0.05) is 13.1 Å². The van der Waals surface area contributed by atoms with Gasteiger partial charge in [-0.15, -0.1) is 0 Å². The lowest BCUT2D eigenvalue weighted by Gasteiger charge is -2.37. The molecule has 1 unspecified atom stereocenters. The number of aliphatic hydroxyl groups is 1. The molecule has 1 aromatic carbocycles. The molecule has 0 bridgehead atoms. The molecule has 0 amide bonds. The number of anilines is 1. The summed E-state index contributed by atoms with van der Waals surface area (Å²) in [7, 11) is 0. The Morgan fingerprint density at radius 3 is 2.88 bits per heavy atom. The maximum Gasteiger partial charge on any atom is 0.0642 e. The van der Waals surface area contributed by atoms with Gasteiger partial charge in [0.1, 0.15) is 0 Å². The Bertz CT molecular complexity index is 384. The van der Waals surface area contributed by atoms with Gasteiger partial charge in [0.25, 0.3) is 0 Å². The van der Waals surface area contributed by atoms with Crippen molar-refractivity contribution in [1.29, 1.82) is 0 Å². The van der Waals surface area contributed by atoms with E-state index in [2.05, 4.69) is 4.90 Å². The monoisotopic (exact) mass is 254 g/mol. The largest absolute Gasteiger partial charge is 0.394 e. The van der Waals surface area contributed by atoms with Crippen molar-refractivity contribution in [2.75, 3.05) is 18.1 Å². The molecule has 0 spiro atoms. The Hall–Kier alpha value is -0.770. The number of piperidine rings is 1. The molecule has 1 atom stereocenters. The number of halogens is 1. The predicted octanol–water partition coefficient (Wildman–Crippen LogP) is 2.15. The van der Waals surface area contributed by atoms with Crippen molar-refractivity contribution >= 4 is 17.3 Å². The van der Waals surface area contributed by atoms with Crippen molar-refractivity contribution in [3.05, 3.63) is 28.8 Å². The Morgan fingerprint density at radius 2 is 2.24 bits per heavy atom. The third-order valence-corrected chi connectivity index (χ3v) is 3.70. The van der Waals surface area contributed by atoms with Crippen molar-refractivity contribution in [2.24, 2.45) is 5.73 Å². The van der Waals surface area contributed by atoms with E-state index in [1.165, 1.54) is 6.42 Å². The van der Waals surface area contributed by atoms with Crippen molar-refractivity contribution in [2.45, 2.75) is 31.8 Å². The molecule has 94 valence electrons. The standard InChI is InChI=1S/C13H19ClN2O/c14-12-7-10(8-15)4-5-13(12)16-6-2-1-3-11(16)9-17/h4-5,7,11,17H,1-3,6,8-9,15H2. The van der Waals surface area contributed by atoms with E-state index in [1.807, 2.05) is 18.2 Å². The summed E-state index contributed by atoms with van der Waals surface area (Å²) in [4.78, 5) is 2.21. The van der Waals surface area contributed by atoms with E-state index in [0.29, 0.717) is 6.54 Å². The normalized spacial score (nSPS) is 20.6. The topological polar surface area (TPSA) is 49.5 Å². The molecule has 0 aliphatic carbocycles. The van der Waals surface area contributed by atoms with E-state index < -0.39 is 0 Å². The molecule has 1 aliphatic heterocycles. The molecule has 17 heavy (non-hydrogen) atoms. The number of hydrogen-bond donors (Lipinski definition) is 2. The molecule has 3 nitrogen and oxygen atoms in total. The lowest BCUT2D eigenvalue weighted by molar-refractivity contribution is 0.240. The molecule has 1 saturated heterocycles. The van der Waals surface area contributed by atoms with Crippen molar-refractivity contribution in [1.82, 2.24) is 0 Å². The first-order valence-electron chi connectivity index (χ1n) is 6.12. The number of benzene rings is 1. The van der Waals surface area contributed by atoms with Gasteiger partial charge < -0.3 is 15.7 Å². The minimum atomic E-state index is 0.189. The molecular formula is C13H19ClN2O. The highest BCUT2D eigenvalue weighted by molar-refractivity contribution is 6.33. The van der Waals surface area contributed by atoms with Crippen molar-refractivity contribution in [3.63, 3.8) is 0 Å². The molecule has 0 radical (unpaired) electrons. The average molecular weight is 255 g/mol. The zero-order valence-electron chi connectivity index (χ0n) is 9.90. The van der Waals surface area contributed by atoms with Gasteiger partial charge in [-0.1, -0.05) is 17.7 Å². The van der Waals surface area contributed by atoms with E-state index in [-0.39, 0.29) is 12.6 Å². The Labute approximate surface area is 107 Å². The number of aliphatic hydroxyl groups excluding tert-OH is 1. The molecule has 2 rings (SSSR count). The second kappa shape index (κ2) is 5.71. The number of rotatable bonds is 3. The lowest BCUT2D eigenvalue weighted by Crippen LogP contribution is -2.42. The molecule has 0 saturated carbocycles. The molecule has 1 fully saturated rings. The molecule has 1 aliphatic rings. The van der Waals surface area contributed by atoms with Crippen LogP contribution in [0.5, 0.6) is 0 Å². The fourth-order valence-electron chi connectivity index (χ4n) is 2.42. The highest BCUT2D eigenvalue weighted by atomic mass is 35.5. The molecule has 3 N–H and O–H groups in total. The highest BCUT2D eigenvalue weighted by Gasteiger charge is 2.23. The Kier molecular flexibility index (Phi) is 4.26. The molecule has 1 heterocycles. The van der Waals surface area contributed by atoms with Crippen LogP contribution < -0.4 is 10.6 Å². The van der Waals surface area contributed by atoms with Crippen LogP contribution in [0.25, 0.3) is 0 Å². The zero-order valence-corrected chi connectivity index (χ0v) is 10.7. The van der Waals surface area contributed by atoms with Crippen LogP contribution in [0.4, 0.5) is 5.69 Å². The maximum absolute atomic E-state index is 9.41. The SMILES string of the molecule is NCc1ccc(N2CCCCC2CO)c(Cl)c1. The van der Waals surface area contributed by atoms with Crippen LogP contribution in [0.3, 0.4) is 0 Å². The summed E-state index contributed by atoms with van der Waals surface area (Å²) in [6.45, 7) is 1.66. The first kappa shape index (κ1) is 12.7. The smallest absolute Gasteiger partial charge is 0.0642 e. The van der Waals surface area contributed by atoms with Gasteiger partial charge in [0.15, 0.2) is 0 Å². The second-order valence-corrected chi connectivity index (χ2v) is 4.92. The summed E-state index contributed by atoms with van der Waals surface area (Å²) in [5.41, 5.74) is 7.64. The summed E-state index contributed by atoms with van der Waals surface area (Å²) in [5.74, 6) is 0. The quantitative estimate of drug-likeness (QED) is 0.869. The fourth-order valence-corrected chi connectivity index (χ4v) is 2.73. The third kappa shape index (κ3) is 2.73. The average Bonchev–Trinajstić information content (AvgIpc) is 2.38. The van der Waals surface area contributed by atoms with Gasteiger partial charge in [-0.3, -0.25) is 0 Å².